The molecule has 0 spiro atoms. The summed E-state index contributed by atoms with van der Waals surface area (Å²) in [6, 6.07) is 5.29. The summed E-state index contributed by atoms with van der Waals surface area (Å²) in [6.45, 7) is 5.24. The molecule has 6 heteroatoms. The van der Waals surface area contributed by atoms with Gasteiger partial charge in [0.2, 0.25) is 0 Å². The Labute approximate surface area is 119 Å². The average molecular weight is 278 g/mol. The summed E-state index contributed by atoms with van der Waals surface area (Å²) in [5, 5.41) is 10.9. The highest BCUT2D eigenvalue weighted by Crippen LogP contribution is 2.26. The maximum absolute atomic E-state index is 10.9. The van der Waals surface area contributed by atoms with Crippen molar-refractivity contribution < 1.29 is 4.92 Å². The molecule has 1 atom stereocenters. The molecule has 0 saturated carbocycles. The molecule has 1 aliphatic rings. The van der Waals surface area contributed by atoms with Crippen molar-refractivity contribution in [1.29, 1.82) is 0 Å². The van der Waals surface area contributed by atoms with Crippen molar-refractivity contribution in [2.24, 2.45) is 0 Å². The molecular weight excluding hydrogens is 256 g/mol. The molecule has 1 aromatic carbocycles. The minimum Gasteiger partial charge on any atom is -0.398 e. The molecule has 110 valence electrons. The quantitative estimate of drug-likeness (QED) is 0.507. The number of rotatable bonds is 5. The van der Waals surface area contributed by atoms with Gasteiger partial charge in [-0.15, -0.1) is 0 Å². The summed E-state index contributed by atoms with van der Waals surface area (Å²) >= 11 is 0. The topological polar surface area (TPSA) is 75.6 Å². The van der Waals surface area contributed by atoms with Crippen LogP contribution in [-0.2, 0) is 0 Å². The largest absolute Gasteiger partial charge is 0.398 e. The fourth-order valence-electron chi connectivity index (χ4n) is 2.88. The third-order valence-electron chi connectivity index (χ3n) is 3.97. The molecular formula is C14H22N4O2. The van der Waals surface area contributed by atoms with Crippen LogP contribution in [0.25, 0.3) is 0 Å². The SMILES string of the molecule is CCN1CCCC1CN(C)c1cc(N)cc([N+](=O)[O-])c1. The molecule has 0 radical (unpaired) electrons. The van der Waals surface area contributed by atoms with Gasteiger partial charge in [0, 0.05) is 43.1 Å². The Kier molecular flexibility index (Phi) is 4.44. The molecule has 1 unspecified atom stereocenters. The predicted octanol–water partition coefficient (Wildman–Crippen LogP) is 2.10. The highest BCUT2D eigenvalue weighted by atomic mass is 16.6. The maximum atomic E-state index is 10.9. The van der Waals surface area contributed by atoms with Crippen LogP contribution in [0.3, 0.4) is 0 Å². The molecule has 1 aromatic rings. The Balaban J connectivity index is 2.12. The van der Waals surface area contributed by atoms with Crippen LogP contribution in [0.1, 0.15) is 19.8 Å². The van der Waals surface area contributed by atoms with Crippen molar-refractivity contribution >= 4 is 17.1 Å². The van der Waals surface area contributed by atoms with Crippen LogP contribution in [0.5, 0.6) is 0 Å². The summed E-state index contributed by atoms with van der Waals surface area (Å²) in [6.07, 6.45) is 2.41. The van der Waals surface area contributed by atoms with Crippen molar-refractivity contribution in [3.63, 3.8) is 0 Å². The number of non-ortho nitro benzene ring substituents is 1. The van der Waals surface area contributed by atoms with E-state index in [1.165, 1.54) is 18.9 Å². The zero-order valence-electron chi connectivity index (χ0n) is 12.1. The van der Waals surface area contributed by atoms with Crippen LogP contribution >= 0.6 is 0 Å². The van der Waals surface area contributed by atoms with E-state index in [-0.39, 0.29) is 5.69 Å². The van der Waals surface area contributed by atoms with Gasteiger partial charge in [-0.3, -0.25) is 15.0 Å². The van der Waals surface area contributed by atoms with Gasteiger partial charge in [0.05, 0.1) is 4.92 Å². The highest BCUT2D eigenvalue weighted by Gasteiger charge is 2.24. The van der Waals surface area contributed by atoms with E-state index >= 15 is 0 Å². The summed E-state index contributed by atoms with van der Waals surface area (Å²) < 4.78 is 0. The second-order valence-corrected chi connectivity index (χ2v) is 5.35. The molecule has 6 nitrogen and oxygen atoms in total. The maximum Gasteiger partial charge on any atom is 0.273 e. The lowest BCUT2D eigenvalue weighted by molar-refractivity contribution is -0.384. The van der Waals surface area contributed by atoms with Gasteiger partial charge in [0.15, 0.2) is 0 Å². The fourth-order valence-corrected chi connectivity index (χ4v) is 2.88. The second-order valence-electron chi connectivity index (χ2n) is 5.35. The number of benzene rings is 1. The van der Waals surface area contributed by atoms with E-state index < -0.39 is 4.92 Å². The highest BCUT2D eigenvalue weighted by molar-refractivity contribution is 5.62. The number of nitro groups is 1. The smallest absolute Gasteiger partial charge is 0.273 e. The van der Waals surface area contributed by atoms with Crippen molar-refractivity contribution in [2.75, 3.05) is 37.3 Å². The number of likely N-dealkylation sites (N-methyl/N-ethyl adjacent to an activating group) is 2. The van der Waals surface area contributed by atoms with E-state index in [1.807, 2.05) is 7.05 Å². The molecule has 1 aliphatic heterocycles. The van der Waals surface area contributed by atoms with E-state index in [0.29, 0.717) is 11.7 Å². The number of nitro benzene ring substituents is 1. The summed E-state index contributed by atoms with van der Waals surface area (Å²) in [7, 11) is 1.96. The van der Waals surface area contributed by atoms with E-state index in [9.17, 15) is 10.1 Å². The van der Waals surface area contributed by atoms with Crippen molar-refractivity contribution in [2.45, 2.75) is 25.8 Å². The number of hydrogen-bond donors (Lipinski definition) is 1. The van der Waals surface area contributed by atoms with Crippen LogP contribution < -0.4 is 10.6 Å². The normalized spacial score (nSPS) is 19.2. The molecule has 0 amide bonds. The zero-order chi connectivity index (χ0) is 14.7. The number of anilines is 2. The third-order valence-corrected chi connectivity index (χ3v) is 3.97. The molecule has 0 bridgehead atoms. The number of nitrogen functional groups attached to an aromatic ring is 1. The van der Waals surface area contributed by atoms with Gasteiger partial charge >= 0.3 is 0 Å². The molecule has 2 N–H and O–H groups in total. The predicted molar refractivity (Wildman–Crippen MR) is 81.0 cm³/mol. The Morgan fingerprint density at radius 3 is 2.90 bits per heavy atom. The van der Waals surface area contributed by atoms with Gasteiger partial charge in [-0.25, -0.2) is 0 Å². The molecule has 2 rings (SSSR count). The number of hydrogen-bond acceptors (Lipinski definition) is 5. The van der Waals surface area contributed by atoms with Gasteiger partial charge in [-0.1, -0.05) is 6.92 Å². The molecule has 0 aliphatic carbocycles. The minimum atomic E-state index is -0.401. The van der Waals surface area contributed by atoms with Crippen molar-refractivity contribution in [3.05, 3.63) is 28.3 Å². The van der Waals surface area contributed by atoms with Crippen molar-refractivity contribution in [3.8, 4) is 0 Å². The number of likely N-dealkylation sites (tertiary alicyclic amines) is 1. The van der Waals surface area contributed by atoms with Crippen molar-refractivity contribution in [1.82, 2.24) is 4.90 Å². The number of nitrogens with zero attached hydrogens (tertiary/aromatic N) is 3. The van der Waals surface area contributed by atoms with Gasteiger partial charge in [0.1, 0.15) is 0 Å². The van der Waals surface area contributed by atoms with Crippen LogP contribution in [0, 0.1) is 10.1 Å². The Morgan fingerprint density at radius 2 is 2.25 bits per heavy atom. The molecule has 1 saturated heterocycles. The lowest BCUT2D eigenvalue weighted by atomic mass is 10.2. The summed E-state index contributed by atoms with van der Waals surface area (Å²) in [4.78, 5) is 15.0. The molecule has 1 fully saturated rings. The van der Waals surface area contributed by atoms with Gasteiger partial charge in [-0.2, -0.15) is 0 Å². The summed E-state index contributed by atoms with van der Waals surface area (Å²) in [5.41, 5.74) is 7.04. The third kappa shape index (κ3) is 3.19. The Morgan fingerprint density at radius 1 is 1.50 bits per heavy atom. The molecule has 20 heavy (non-hydrogen) atoms. The summed E-state index contributed by atoms with van der Waals surface area (Å²) in [5.74, 6) is 0. The lowest BCUT2D eigenvalue weighted by Crippen LogP contribution is -2.38. The molecule has 1 heterocycles. The lowest BCUT2D eigenvalue weighted by Gasteiger charge is -2.29. The van der Waals surface area contributed by atoms with E-state index in [2.05, 4.69) is 16.7 Å². The van der Waals surface area contributed by atoms with Gasteiger partial charge in [0.25, 0.3) is 5.69 Å². The monoisotopic (exact) mass is 278 g/mol. The first-order valence-electron chi connectivity index (χ1n) is 7.01. The van der Waals surface area contributed by atoms with Crippen LogP contribution in [0.4, 0.5) is 17.1 Å². The average Bonchev–Trinajstić information content (AvgIpc) is 2.85. The van der Waals surface area contributed by atoms with Gasteiger partial charge in [-0.05, 0) is 32.0 Å². The first-order chi connectivity index (χ1) is 9.51. The standard InChI is InChI=1S/C14H22N4O2/c1-3-17-6-4-5-12(17)10-16(2)13-7-11(15)8-14(9-13)18(19)20/h7-9,12H,3-6,10,15H2,1-2H3. The van der Waals surface area contributed by atoms with Gasteiger partial charge < -0.3 is 10.6 Å². The Hall–Kier alpha value is -1.82. The minimum absolute atomic E-state index is 0.0469. The second kappa shape index (κ2) is 6.09. The first-order valence-corrected chi connectivity index (χ1v) is 7.01. The van der Waals surface area contributed by atoms with Crippen LogP contribution in [0.2, 0.25) is 0 Å². The van der Waals surface area contributed by atoms with E-state index in [1.54, 1.807) is 12.1 Å². The Bertz CT molecular complexity index is 492. The number of nitrogens with two attached hydrogens (primary N) is 1. The fraction of sp³-hybridized carbons (Fsp3) is 0.571. The van der Waals surface area contributed by atoms with Crippen LogP contribution in [0.15, 0.2) is 18.2 Å². The van der Waals surface area contributed by atoms with E-state index in [4.69, 9.17) is 5.73 Å². The van der Waals surface area contributed by atoms with Crippen LogP contribution in [-0.4, -0.2) is 42.5 Å². The van der Waals surface area contributed by atoms with E-state index in [0.717, 1.165) is 25.3 Å². The first kappa shape index (κ1) is 14.6. The molecule has 0 aromatic heterocycles. The zero-order valence-corrected chi connectivity index (χ0v) is 12.1.